The first kappa shape index (κ1) is 81.5. The number of ether oxygens (including phenoxy) is 3. The number of hydrogen-bond acceptors (Lipinski definition) is 14. The van der Waals surface area contributed by atoms with Gasteiger partial charge in [0.2, 0.25) is 0 Å². The van der Waals surface area contributed by atoms with Gasteiger partial charge >= 0.3 is 33.6 Å². The van der Waals surface area contributed by atoms with E-state index < -0.39 is 91.5 Å². The second-order valence-electron chi connectivity index (χ2n) is 21.5. The molecule has 0 aromatic carbocycles. The Kier molecular flexibility index (Phi) is 58.2. The maximum atomic E-state index is 12.9. The Morgan fingerprint density at radius 1 is 0.341 bits per heavy atom. The lowest BCUT2D eigenvalue weighted by molar-refractivity contribution is -0.161. The van der Waals surface area contributed by atoms with E-state index in [0.29, 0.717) is 19.3 Å². The minimum atomic E-state index is -4.92. The molecule has 0 fully saturated rings. The van der Waals surface area contributed by atoms with Crippen molar-refractivity contribution < 1.29 is 75.8 Å². The topological polar surface area (TPSA) is 231 Å². The Labute approximate surface area is 514 Å². The van der Waals surface area contributed by atoms with E-state index in [9.17, 15) is 43.5 Å². The standard InChI is InChI=1S/C67H116O16P2/c1-4-7-10-13-16-19-22-25-27-28-29-30-31-32-34-37-38-41-44-47-50-53-65(70)77-56-62(68)57-79-84(73,74)80-58-63(69)59-81-85(75,76)82-61-64(83-67(72)55-52-49-46-43-40-35-24-21-18-15-12-9-6-3)60-78-66(71)54-51-48-45-42-39-36-33-26-23-20-17-14-11-8-5-2/h7-8,10-11,16-17,19-20,25-27,29-30,32-34,62-64,68-69H,4-6,9,12-15,18,21-24,28,31,35-61H2,1-3H3,(H,73,74)(H,75,76)/b10-7-,11-8-,19-16-,20-17-,27-25-,30-29-,33-26-,34-32-. The SMILES string of the molecule is CC/C=C\C/C=C\C/C=C\C/C=C\C/C=C\CCCCCCCC(=O)OCC(O)COP(=O)(O)OCC(O)COP(=O)(O)OCC(COC(=O)CCCCCCC/C=C\C/C=C\C/C=C\CC)OC(=O)CCCCCCCCCCCCCCC. The van der Waals surface area contributed by atoms with Crippen molar-refractivity contribution in [1.29, 1.82) is 0 Å². The van der Waals surface area contributed by atoms with Crippen LogP contribution in [0.4, 0.5) is 0 Å². The molecule has 0 aromatic heterocycles. The van der Waals surface area contributed by atoms with Crippen molar-refractivity contribution >= 4 is 33.6 Å². The van der Waals surface area contributed by atoms with Crippen LogP contribution < -0.4 is 0 Å². The van der Waals surface area contributed by atoms with Crippen LogP contribution in [0.3, 0.4) is 0 Å². The summed E-state index contributed by atoms with van der Waals surface area (Å²) in [6.45, 7) is 2.39. The number of allylic oxidation sites excluding steroid dienone is 16. The van der Waals surface area contributed by atoms with E-state index in [-0.39, 0.29) is 19.3 Å². The summed E-state index contributed by atoms with van der Waals surface area (Å²) in [4.78, 5) is 58.2. The van der Waals surface area contributed by atoms with Crippen molar-refractivity contribution in [3.8, 4) is 0 Å². The third kappa shape index (κ3) is 61.9. The summed E-state index contributed by atoms with van der Waals surface area (Å²) >= 11 is 0. The molecule has 0 aliphatic rings. The quantitative estimate of drug-likeness (QED) is 0.0146. The smallest absolute Gasteiger partial charge is 0.463 e. The second-order valence-corrected chi connectivity index (χ2v) is 24.4. The molecule has 85 heavy (non-hydrogen) atoms. The molecule has 0 spiro atoms. The molecule has 16 nitrogen and oxygen atoms in total. The molecule has 0 bridgehead atoms. The van der Waals surface area contributed by atoms with Crippen molar-refractivity contribution in [3.05, 3.63) is 97.2 Å². The number of aliphatic hydroxyl groups excluding tert-OH is 2. The van der Waals surface area contributed by atoms with Gasteiger partial charge in [-0.3, -0.25) is 32.5 Å². The highest BCUT2D eigenvalue weighted by molar-refractivity contribution is 7.47. The lowest BCUT2D eigenvalue weighted by Gasteiger charge is -2.21. The maximum absolute atomic E-state index is 12.9. The number of hydrogen-bond donors (Lipinski definition) is 4. The van der Waals surface area contributed by atoms with Gasteiger partial charge in [0, 0.05) is 19.3 Å². The molecule has 0 aliphatic carbocycles. The van der Waals surface area contributed by atoms with Crippen LogP contribution in [-0.2, 0) is 55.8 Å². The van der Waals surface area contributed by atoms with E-state index in [1.807, 2.05) is 0 Å². The molecule has 0 amide bonds. The van der Waals surface area contributed by atoms with E-state index in [1.165, 1.54) is 51.4 Å². The van der Waals surface area contributed by atoms with Gasteiger partial charge < -0.3 is 34.2 Å². The predicted octanol–water partition coefficient (Wildman–Crippen LogP) is 17.5. The summed E-state index contributed by atoms with van der Waals surface area (Å²) in [6, 6.07) is 0. The van der Waals surface area contributed by atoms with Gasteiger partial charge in [0.1, 0.15) is 25.4 Å². The van der Waals surface area contributed by atoms with Gasteiger partial charge in [0.25, 0.3) is 0 Å². The van der Waals surface area contributed by atoms with E-state index in [2.05, 4.69) is 118 Å². The van der Waals surface area contributed by atoms with Crippen molar-refractivity contribution in [2.75, 3.05) is 39.6 Å². The number of phosphoric acid groups is 2. The molecule has 0 heterocycles. The summed E-state index contributed by atoms with van der Waals surface area (Å²) in [6.07, 6.45) is 64.6. The van der Waals surface area contributed by atoms with Gasteiger partial charge in [0.05, 0.1) is 26.4 Å². The Morgan fingerprint density at radius 3 is 0.988 bits per heavy atom. The molecule has 18 heteroatoms. The highest BCUT2D eigenvalue weighted by atomic mass is 31.2. The summed E-state index contributed by atoms with van der Waals surface area (Å²) in [5, 5.41) is 20.5. The van der Waals surface area contributed by atoms with Crippen molar-refractivity contribution in [3.63, 3.8) is 0 Å². The molecule has 0 aliphatic heterocycles. The maximum Gasteiger partial charge on any atom is 0.472 e. The number of carbonyl (C=O) groups is 3. The van der Waals surface area contributed by atoms with Crippen molar-refractivity contribution in [2.24, 2.45) is 0 Å². The fourth-order valence-corrected chi connectivity index (χ4v) is 9.96. The van der Waals surface area contributed by atoms with Gasteiger partial charge in [-0.2, -0.15) is 0 Å². The minimum Gasteiger partial charge on any atom is -0.463 e. The molecule has 0 saturated heterocycles. The number of phosphoric ester groups is 2. The average Bonchev–Trinajstić information content (AvgIpc) is 3.51. The van der Waals surface area contributed by atoms with Crippen LogP contribution in [-0.4, -0.2) is 95.9 Å². The van der Waals surface area contributed by atoms with Gasteiger partial charge in [0.15, 0.2) is 6.10 Å². The van der Waals surface area contributed by atoms with E-state index in [4.69, 9.17) is 32.3 Å². The molecule has 0 radical (unpaired) electrons. The van der Waals surface area contributed by atoms with Crippen LogP contribution in [0.25, 0.3) is 0 Å². The van der Waals surface area contributed by atoms with Crippen LogP contribution in [0, 0.1) is 0 Å². The van der Waals surface area contributed by atoms with Crippen LogP contribution in [0.2, 0.25) is 0 Å². The zero-order valence-corrected chi connectivity index (χ0v) is 54.5. The highest BCUT2D eigenvalue weighted by Crippen LogP contribution is 2.45. The normalized spacial score (nSPS) is 15.0. The molecule has 490 valence electrons. The summed E-state index contributed by atoms with van der Waals surface area (Å²) in [5.74, 6) is -1.61. The van der Waals surface area contributed by atoms with Crippen molar-refractivity contribution in [2.45, 2.75) is 270 Å². The molecule has 5 atom stereocenters. The Balaban J connectivity index is 4.63. The van der Waals surface area contributed by atoms with Crippen LogP contribution in [0.1, 0.15) is 252 Å². The monoisotopic (exact) mass is 1240 g/mol. The van der Waals surface area contributed by atoms with Gasteiger partial charge in [-0.15, -0.1) is 0 Å². The largest absolute Gasteiger partial charge is 0.472 e. The second kappa shape index (κ2) is 60.7. The number of carbonyl (C=O) groups excluding carboxylic acids is 3. The van der Waals surface area contributed by atoms with Crippen LogP contribution in [0.5, 0.6) is 0 Å². The molecular weight excluding hydrogens is 1120 g/mol. The molecule has 0 aromatic rings. The van der Waals surface area contributed by atoms with E-state index in [1.54, 1.807) is 0 Å². The highest BCUT2D eigenvalue weighted by Gasteiger charge is 2.29. The molecule has 4 N–H and O–H groups in total. The zero-order valence-electron chi connectivity index (χ0n) is 52.8. The van der Waals surface area contributed by atoms with Crippen molar-refractivity contribution in [1.82, 2.24) is 0 Å². The minimum absolute atomic E-state index is 0.102. The third-order valence-electron chi connectivity index (χ3n) is 13.3. The fourth-order valence-electron chi connectivity index (χ4n) is 8.38. The first-order valence-electron chi connectivity index (χ1n) is 32.5. The first-order valence-corrected chi connectivity index (χ1v) is 35.5. The number of aliphatic hydroxyl groups is 2. The fraction of sp³-hybridized carbons (Fsp3) is 0.716. The lowest BCUT2D eigenvalue weighted by atomic mass is 10.0. The van der Waals surface area contributed by atoms with Gasteiger partial charge in [-0.1, -0.05) is 234 Å². The predicted molar refractivity (Wildman–Crippen MR) is 344 cm³/mol. The van der Waals surface area contributed by atoms with Crippen LogP contribution in [0.15, 0.2) is 97.2 Å². The van der Waals surface area contributed by atoms with E-state index in [0.717, 1.165) is 141 Å². The summed E-state index contributed by atoms with van der Waals surface area (Å²) in [7, 11) is -9.77. The molecule has 5 unspecified atom stereocenters. The Bertz CT molecular complexity index is 1940. The zero-order chi connectivity index (χ0) is 62.4. The molecule has 0 saturated carbocycles. The lowest BCUT2D eigenvalue weighted by Crippen LogP contribution is -2.30. The number of unbranched alkanes of at least 4 members (excludes halogenated alkanes) is 22. The first-order chi connectivity index (χ1) is 41.2. The third-order valence-corrected chi connectivity index (χ3v) is 15.2. The number of esters is 3. The molecular formula is C67H116O16P2. The van der Waals surface area contributed by atoms with E-state index >= 15 is 0 Å². The van der Waals surface area contributed by atoms with Gasteiger partial charge in [-0.25, -0.2) is 9.13 Å². The average molecular weight is 1240 g/mol. The van der Waals surface area contributed by atoms with Gasteiger partial charge in [-0.05, 0) is 96.3 Å². The molecule has 0 rings (SSSR count). The summed E-state index contributed by atoms with van der Waals surface area (Å²) < 4.78 is 60.7. The Hall–Kier alpha value is -3.53. The van der Waals surface area contributed by atoms with Crippen LogP contribution >= 0.6 is 15.6 Å². The summed E-state index contributed by atoms with van der Waals surface area (Å²) in [5.41, 5.74) is 0. The number of rotatable bonds is 61. The Morgan fingerprint density at radius 2 is 0.624 bits per heavy atom.